The molecule has 0 radical (unpaired) electrons. The Bertz CT molecular complexity index is 458. The van der Waals surface area contributed by atoms with Gasteiger partial charge in [-0.2, -0.15) is 0 Å². The van der Waals surface area contributed by atoms with E-state index < -0.39 is 0 Å². The number of hydrogen-bond acceptors (Lipinski definition) is 3. The lowest BCUT2D eigenvalue weighted by Gasteiger charge is -2.40. The molecular weight excluding hydrogens is 258 g/mol. The van der Waals surface area contributed by atoms with Crippen LogP contribution in [0.25, 0.3) is 0 Å². The van der Waals surface area contributed by atoms with Gasteiger partial charge in [-0.25, -0.2) is 0 Å². The summed E-state index contributed by atoms with van der Waals surface area (Å²) in [4.78, 5) is 5.12. The molecule has 21 heavy (non-hydrogen) atoms. The molecule has 1 aromatic rings. The van der Waals surface area contributed by atoms with Crippen molar-refractivity contribution in [1.29, 1.82) is 0 Å². The molecule has 3 heteroatoms. The van der Waals surface area contributed by atoms with Crippen LogP contribution in [0.2, 0.25) is 0 Å². The molecule has 0 bridgehead atoms. The van der Waals surface area contributed by atoms with E-state index in [1.54, 1.807) is 0 Å². The van der Waals surface area contributed by atoms with Crippen LogP contribution >= 0.6 is 0 Å². The fourth-order valence-corrected chi connectivity index (χ4v) is 3.44. The average Bonchev–Trinajstić information content (AvgIpc) is 2.47. The van der Waals surface area contributed by atoms with Crippen LogP contribution in [-0.4, -0.2) is 56.1 Å². The fraction of sp³-hybridized carbons (Fsp3) is 0.667. The van der Waals surface area contributed by atoms with Gasteiger partial charge < -0.3 is 10.2 Å². The van der Waals surface area contributed by atoms with E-state index in [2.05, 4.69) is 68.2 Å². The molecule has 0 spiro atoms. The molecule has 0 amide bonds. The molecule has 2 atom stereocenters. The Morgan fingerprint density at radius 1 is 1.29 bits per heavy atom. The summed E-state index contributed by atoms with van der Waals surface area (Å²) in [6, 6.07) is 7.94. The van der Waals surface area contributed by atoms with Crippen LogP contribution < -0.4 is 5.32 Å². The number of benzene rings is 1. The first kappa shape index (κ1) is 16.5. The van der Waals surface area contributed by atoms with Crippen molar-refractivity contribution < 1.29 is 0 Å². The molecule has 1 N–H and O–H groups in total. The summed E-state index contributed by atoms with van der Waals surface area (Å²) in [6.07, 6.45) is 1.24. The highest BCUT2D eigenvalue weighted by atomic mass is 15.3. The number of nitrogens with one attached hydrogen (secondary N) is 1. The Morgan fingerprint density at radius 2 is 2.05 bits per heavy atom. The zero-order chi connectivity index (χ0) is 15.4. The second-order valence-corrected chi connectivity index (χ2v) is 6.50. The van der Waals surface area contributed by atoms with E-state index in [0.717, 1.165) is 6.54 Å². The van der Waals surface area contributed by atoms with Gasteiger partial charge in [0, 0.05) is 38.3 Å². The minimum absolute atomic E-state index is 0.423. The van der Waals surface area contributed by atoms with E-state index in [4.69, 9.17) is 0 Å². The third-order valence-corrected chi connectivity index (χ3v) is 4.92. The number of nitrogens with zero attached hydrogens (tertiary/aromatic N) is 2. The standard InChI is InChI=1S/C18H31N3/c1-6-16-12-21(10-9-20(16)5)13-18(19-4)17-8-7-14(2)11-15(17)3/h7-8,11,16,18-19H,6,9-10,12-13H2,1-5H3. The van der Waals surface area contributed by atoms with Gasteiger partial charge in [0.2, 0.25) is 0 Å². The number of aryl methyl sites for hydroxylation is 2. The van der Waals surface area contributed by atoms with Crippen LogP contribution in [0.5, 0.6) is 0 Å². The van der Waals surface area contributed by atoms with Crippen molar-refractivity contribution in [1.82, 2.24) is 15.1 Å². The topological polar surface area (TPSA) is 18.5 Å². The maximum Gasteiger partial charge on any atom is 0.0449 e. The zero-order valence-electron chi connectivity index (χ0n) is 14.3. The molecule has 118 valence electrons. The summed E-state index contributed by atoms with van der Waals surface area (Å²) in [6.45, 7) is 11.3. The zero-order valence-corrected chi connectivity index (χ0v) is 14.3. The average molecular weight is 289 g/mol. The lowest BCUT2D eigenvalue weighted by atomic mass is 9.98. The van der Waals surface area contributed by atoms with Crippen LogP contribution in [-0.2, 0) is 0 Å². The summed E-state index contributed by atoms with van der Waals surface area (Å²) >= 11 is 0. The fourth-order valence-electron chi connectivity index (χ4n) is 3.44. The molecule has 0 aromatic heterocycles. The van der Waals surface area contributed by atoms with Crippen LogP contribution in [0.4, 0.5) is 0 Å². The minimum Gasteiger partial charge on any atom is -0.312 e. The summed E-state index contributed by atoms with van der Waals surface area (Å²) in [5.41, 5.74) is 4.18. The molecular formula is C18H31N3. The van der Waals surface area contributed by atoms with E-state index in [0.29, 0.717) is 12.1 Å². The van der Waals surface area contributed by atoms with E-state index >= 15 is 0 Å². The Kier molecular flexibility index (Phi) is 5.80. The third-order valence-electron chi connectivity index (χ3n) is 4.92. The van der Waals surface area contributed by atoms with E-state index in [1.165, 1.54) is 42.7 Å². The van der Waals surface area contributed by atoms with Gasteiger partial charge >= 0.3 is 0 Å². The molecule has 3 nitrogen and oxygen atoms in total. The molecule has 1 saturated heterocycles. The smallest absolute Gasteiger partial charge is 0.0449 e. The van der Waals surface area contributed by atoms with Gasteiger partial charge in [-0.1, -0.05) is 30.7 Å². The van der Waals surface area contributed by atoms with E-state index in [1.807, 2.05) is 0 Å². The number of rotatable bonds is 5. The van der Waals surface area contributed by atoms with Crippen molar-refractivity contribution in [2.45, 2.75) is 39.3 Å². The van der Waals surface area contributed by atoms with Crippen LogP contribution in [0.3, 0.4) is 0 Å². The lowest BCUT2D eigenvalue weighted by Crippen LogP contribution is -2.52. The molecule has 2 rings (SSSR count). The van der Waals surface area contributed by atoms with Crippen molar-refractivity contribution in [3.8, 4) is 0 Å². The number of piperazine rings is 1. The summed E-state index contributed by atoms with van der Waals surface area (Å²) in [7, 11) is 4.34. The molecule has 1 aliphatic heterocycles. The van der Waals surface area contributed by atoms with Gasteiger partial charge in [0.25, 0.3) is 0 Å². The van der Waals surface area contributed by atoms with Gasteiger partial charge in [-0.05, 0) is 45.5 Å². The summed E-state index contributed by atoms with van der Waals surface area (Å²) < 4.78 is 0. The summed E-state index contributed by atoms with van der Waals surface area (Å²) in [5, 5.41) is 3.51. The Morgan fingerprint density at radius 3 is 2.67 bits per heavy atom. The van der Waals surface area contributed by atoms with Crippen molar-refractivity contribution >= 4 is 0 Å². The van der Waals surface area contributed by atoms with Gasteiger partial charge in [0.05, 0.1) is 0 Å². The normalized spacial score (nSPS) is 22.4. The van der Waals surface area contributed by atoms with Crippen molar-refractivity contribution in [3.05, 3.63) is 34.9 Å². The second kappa shape index (κ2) is 7.39. The highest BCUT2D eigenvalue weighted by Gasteiger charge is 2.25. The molecule has 0 saturated carbocycles. The molecule has 0 aliphatic carbocycles. The van der Waals surface area contributed by atoms with Crippen LogP contribution in [0, 0.1) is 13.8 Å². The quantitative estimate of drug-likeness (QED) is 0.899. The monoisotopic (exact) mass is 289 g/mol. The van der Waals surface area contributed by atoms with Crippen molar-refractivity contribution in [2.24, 2.45) is 0 Å². The Balaban J connectivity index is 2.05. The highest BCUT2D eigenvalue weighted by Crippen LogP contribution is 2.21. The van der Waals surface area contributed by atoms with Crippen LogP contribution in [0.1, 0.15) is 36.1 Å². The maximum atomic E-state index is 3.51. The van der Waals surface area contributed by atoms with E-state index in [9.17, 15) is 0 Å². The number of hydrogen-bond donors (Lipinski definition) is 1. The SMILES string of the molecule is CCC1CN(CC(NC)c2ccc(C)cc2C)CCN1C. The first-order valence-electron chi connectivity index (χ1n) is 8.22. The van der Waals surface area contributed by atoms with Gasteiger partial charge in [-0.15, -0.1) is 0 Å². The predicted molar refractivity (Wildman–Crippen MR) is 90.9 cm³/mol. The molecule has 2 unspecified atom stereocenters. The Hall–Kier alpha value is -0.900. The molecule has 1 aliphatic rings. The number of likely N-dealkylation sites (N-methyl/N-ethyl adjacent to an activating group) is 2. The molecule has 1 heterocycles. The first-order valence-corrected chi connectivity index (χ1v) is 8.22. The lowest BCUT2D eigenvalue weighted by molar-refractivity contribution is 0.0865. The van der Waals surface area contributed by atoms with Crippen molar-refractivity contribution in [3.63, 3.8) is 0 Å². The van der Waals surface area contributed by atoms with Gasteiger partial charge in [-0.3, -0.25) is 4.90 Å². The first-order chi connectivity index (χ1) is 10.0. The van der Waals surface area contributed by atoms with Gasteiger partial charge in [0.1, 0.15) is 0 Å². The van der Waals surface area contributed by atoms with Crippen molar-refractivity contribution in [2.75, 3.05) is 40.3 Å². The maximum absolute atomic E-state index is 3.51. The predicted octanol–water partition coefficient (Wildman–Crippen LogP) is 2.59. The highest BCUT2D eigenvalue weighted by molar-refractivity contribution is 5.33. The molecule has 1 aromatic carbocycles. The second-order valence-electron chi connectivity index (χ2n) is 6.50. The molecule has 1 fully saturated rings. The third kappa shape index (κ3) is 4.06. The van der Waals surface area contributed by atoms with Gasteiger partial charge in [0.15, 0.2) is 0 Å². The summed E-state index contributed by atoms with van der Waals surface area (Å²) in [5.74, 6) is 0. The van der Waals surface area contributed by atoms with E-state index in [-0.39, 0.29) is 0 Å². The van der Waals surface area contributed by atoms with Crippen LogP contribution in [0.15, 0.2) is 18.2 Å². The largest absolute Gasteiger partial charge is 0.312 e. The minimum atomic E-state index is 0.423. The Labute approximate surface area is 130 Å².